The first-order chi connectivity index (χ1) is 13.6. The number of likely N-dealkylation sites (tertiary alicyclic amines) is 1. The van der Waals surface area contributed by atoms with E-state index < -0.39 is 0 Å². The van der Waals surface area contributed by atoms with Gasteiger partial charge < -0.3 is 20.0 Å². The van der Waals surface area contributed by atoms with Gasteiger partial charge in [0.25, 0.3) is 0 Å². The number of benzene rings is 1. The van der Waals surface area contributed by atoms with Crippen molar-refractivity contribution in [3.63, 3.8) is 0 Å². The van der Waals surface area contributed by atoms with Gasteiger partial charge >= 0.3 is 0 Å². The minimum atomic E-state index is 0.597. The quantitative estimate of drug-likeness (QED) is 0.577. The molecule has 0 saturated carbocycles. The largest absolute Gasteiger partial charge is 0.357 e. The van der Waals surface area contributed by atoms with Crippen molar-refractivity contribution in [1.82, 2.24) is 20.0 Å². The molecule has 2 atom stereocenters. The molecule has 0 spiro atoms. The average Bonchev–Trinajstić information content (AvgIpc) is 3.16. The zero-order valence-corrected chi connectivity index (χ0v) is 18.1. The molecule has 156 valence electrons. The molecule has 1 N–H and O–H groups in total. The molecule has 0 bridgehead atoms. The van der Waals surface area contributed by atoms with Crippen LogP contribution in [0.2, 0.25) is 0 Å². The second-order valence-corrected chi connectivity index (χ2v) is 8.69. The average molecular weight is 386 g/mol. The zero-order valence-electron chi connectivity index (χ0n) is 18.1. The number of likely N-dealkylation sites (N-methyl/N-ethyl adjacent to an activating group) is 1. The highest BCUT2D eigenvalue weighted by Gasteiger charge is 2.25. The van der Waals surface area contributed by atoms with Crippen molar-refractivity contribution in [2.45, 2.75) is 26.7 Å². The van der Waals surface area contributed by atoms with Crippen molar-refractivity contribution in [2.75, 3.05) is 66.0 Å². The monoisotopic (exact) mass is 385 g/mol. The lowest BCUT2D eigenvalue weighted by Crippen LogP contribution is -2.46. The Kier molecular flexibility index (Phi) is 8.16. The summed E-state index contributed by atoms with van der Waals surface area (Å²) in [5, 5.41) is 3.53. The van der Waals surface area contributed by atoms with Crippen LogP contribution in [0.5, 0.6) is 0 Å². The van der Waals surface area contributed by atoms with Gasteiger partial charge in [0.05, 0.1) is 0 Å². The van der Waals surface area contributed by atoms with Gasteiger partial charge in [0, 0.05) is 58.9 Å². The fourth-order valence-electron chi connectivity index (χ4n) is 4.34. The Morgan fingerprint density at radius 2 is 1.89 bits per heavy atom. The first-order valence-corrected chi connectivity index (χ1v) is 11.1. The van der Waals surface area contributed by atoms with Crippen molar-refractivity contribution in [3.8, 4) is 0 Å². The SMILES string of the molecule is CCNC(=NCC(C)CN1CCN(C)CC1)N1CCC(Cc2ccccc2)C1. The highest BCUT2D eigenvalue weighted by atomic mass is 15.3. The standard InChI is InChI=1S/C23H39N5/c1-4-24-23(25-17-20(2)18-27-14-12-26(3)13-15-27)28-11-10-22(19-28)16-21-8-6-5-7-9-21/h5-9,20,22H,4,10-19H2,1-3H3,(H,24,25). The summed E-state index contributed by atoms with van der Waals surface area (Å²) in [4.78, 5) is 12.5. The summed E-state index contributed by atoms with van der Waals surface area (Å²) in [6.07, 6.45) is 2.44. The highest BCUT2D eigenvalue weighted by Crippen LogP contribution is 2.21. The molecule has 1 aromatic rings. The molecule has 2 saturated heterocycles. The summed E-state index contributed by atoms with van der Waals surface area (Å²) in [5.41, 5.74) is 1.46. The molecular formula is C23H39N5. The van der Waals surface area contributed by atoms with Crippen molar-refractivity contribution in [1.29, 1.82) is 0 Å². The minimum absolute atomic E-state index is 0.597. The second kappa shape index (κ2) is 10.8. The van der Waals surface area contributed by atoms with Crippen molar-refractivity contribution >= 4 is 5.96 Å². The van der Waals surface area contributed by atoms with Gasteiger partial charge in [0.15, 0.2) is 5.96 Å². The van der Waals surface area contributed by atoms with Crippen LogP contribution in [0, 0.1) is 11.8 Å². The van der Waals surface area contributed by atoms with Crippen LogP contribution in [0.1, 0.15) is 25.8 Å². The lowest BCUT2D eigenvalue weighted by Gasteiger charge is -2.33. The van der Waals surface area contributed by atoms with E-state index in [1.54, 1.807) is 0 Å². The lowest BCUT2D eigenvalue weighted by atomic mass is 9.99. The second-order valence-electron chi connectivity index (χ2n) is 8.69. The molecular weight excluding hydrogens is 346 g/mol. The van der Waals surface area contributed by atoms with E-state index in [1.807, 2.05) is 0 Å². The topological polar surface area (TPSA) is 34.1 Å². The van der Waals surface area contributed by atoms with Crippen LogP contribution in [0.25, 0.3) is 0 Å². The number of hydrogen-bond acceptors (Lipinski definition) is 3. The maximum atomic E-state index is 5.01. The van der Waals surface area contributed by atoms with E-state index in [-0.39, 0.29) is 0 Å². The third kappa shape index (κ3) is 6.49. The number of guanidine groups is 1. The molecule has 2 aliphatic heterocycles. The molecule has 2 aliphatic rings. The van der Waals surface area contributed by atoms with Crippen LogP contribution in [-0.2, 0) is 6.42 Å². The van der Waals surface area contributed by atoms with Gasteiger partial charge in [-0.25, -0.2) is 0 Å². The predicted molar refractivity (Wildman–Crippen MR) is 119 cm³/mol. The van der Waals surface area contributed by atoms with Crippen molar-refractivity contribution in [3.05, 3.63) is 35.9 Å². The molecule has 3 rings (SSSR count). The summed E-state index contributed by atoms with van der Waals surface area (Å²) in [7, 11) is 2.22. The van der Waals surface area contributed by atoms with Gasteiger partial charge in [-0.05, 0) is 44.2 Å². The zero-order chi connectivity index (χ0) is 19.8. The van der Waals surface area contributed by atoms with Gasteiger partial charge in [-0.15, -0.1) is 0 Å². The summed E-state index contributed by atoms with van der Waals surface area (Å²) in [5.74, 6) is 2.44. The molecule has 5 nitrogen and oxygen atoms in total. The molecule has 2 fully saturated rings. The van der Waals surface area contributed by atoms with Crippen LogP contribution in [0.4, 0.5) is 0 Å². The smallest absolute Gasteiger partial charge is 0.193 e. The molecule has 5 heteroatoms. The summed E-state index contributed by atoms with van der Waals surface area (Å²) in [6, 6.07) is 10.9. The molecule has 0 amide bonds. The van der Waals surface area contributed by atoms with Gasteiger partial charge in [-0.1, -0.05) is 37.3 Å². The molecule has 0 aromatic heterocycles. The number of piperazine rings is 1. The summed E-state index contributed by atoms with van der Waals surface area (Å²) in [6.45, 7) is 14.5. The maximum absolute atomic E-state index is 5.01. The molecule has 2 heterocycles. The number of aliphatic imine (C=N–C) groups is 1. The molecule has 0 radical (unpaired) electrons. The van der Waals surface area contributed by atoms with Crippen molar-refractivity contribution in [2.24, 2.45) is 16.8 Å². The van der Waals surface area contributed by atoms with Crippen LogP contribution < -0.4 is 5.32 Å². The van der Waals surface area contributed by atoms with E-state index in [4.69, 9.17) is 4.99 Å². The predicted octanol–water partition coefficient (Wildman–Crippen LogP) is 2.40. The van der Waals surface area contributed by atoms with E-state index in [0.29, 0.717) is 5.92 Å². The third-order valence-corrected chi connectivity index (χ3v) is 6.01. The Morgan fingerprint density at radius 1 is 1.14 bits per heavy atom. The van der Waals surface area contributed by atoms with E-state index >= 15 is 0 Å². The minimum Gasteiger partial charge on any atom is -0.357 e. The van der Waals surface area contributed by atoms with E-state index in [2.05, 4.69) is 71.2 Å². The van der Waals surface area contributed by atoms with Crippen LogP contribution in [0.3, 0.4) is 0 Å². The third-order valence-electron chi connectivity index (χ3n) is 6.01. The summed E-state index contributed by atoms with van der Waals surface area (Å²) < 4.78 is 0. The first-order valence-electron chi connectivity index (χ1n) is 11.1. The molecule has 0 aliphatic carbocycles. The fraction of sp³-hybridized carbons (Fsp3) is 0.696. The van der Waals surface area contributed by atoms with E-state index in [0.717, 1.165) is 44.6 Å². The lowest BCUT2D eigenvalue weighted by molar-refractivity contribution is 0.140. The molecule has 2 unspecified atom stereocenters. The Morgan fingerprint density at radius 3 is 2.61 bits per heavy atom. The Labute approximate surface area is 171 Å². The first kappa shape index (κ1) is 21.1. The fourth-order valence-corrected chi connectivity index (χ4v) is 4.34. The Hall–Kier alpha value is -1.59. The van der Waals surface area contributed by atoms with E-state index in [1.165, 1.54) is 44.6 Å². The normalized spacial score (nSPS) is 23.2. The van der Waals surface area contributed by atoms with Crippen molar-refractivity contribution < 1.29 is 0 Å². The van der Waals surface area contributed by atoms with Crippen LogP contribution in [0.15, 0.2) is 35.3 Å². The van der Waals surface area contributed by atoms with Gasteiger partial charge in [0.1, 0.15) is 0 Å². The van der Waals surface area contributed by atoms with Gasteiger partial charge in [-0.2, -0.15) is 0 Å². The van der Waals surface area contributed by atoms with Crippen LogP contribution >= 0.6 is 0 Å². The highest BCUT2D eigenvalue weighted by molar-refractivity contribution is 5.80. The van der Waals surface area contributed by atoms with Gasteiger partial charge in [-0.3, -0.25) is 4.99 Å². The van der Waals surface area contributed by atoms with E-state index in [9.17, 15) is 0 Å². The number of hydrogen-bond donors (Lipinski definition) is 1. The molecule has 28 heavy (non-hydrogen) atoms. The summed E-state index contributed by atoms with van der Waals surface area (Å²) >= 11 is 0. The number of nitrogens with one attached hydrogen (secondary N) is 1. The molecule has 1 aromatic carbocycles. The number of rotatable bonds is 7. The van der Waals surface area contributed by atoms with Crippen LogP contribution in [-0.4, -0.2) is 86.6 Å². The number of nitrogens with zero attached hydrogens (tertiary/aromatic N) is 4. The van der Waals surface area contributed by atoms with Gasteiger partial charge in [0.2, 0.25) is 0 Å². The Balaban J connectivity index is 1.48. The maximum Gasteiger partial charge on any atom is 0.193 e. The Bertz CT molecular complexity index is 594.